The summed E-state index contributed by atoms with van der Waals surface area (Å²) in [6, 6.07) is 16.6. The second-order valence-electron chi connectivity index (χ2n) is 8.10. The molecule has 0 N–H and O–H groups in total. The SMILES string of the molecule is CCCCc1nc2ccc(Br)cc2c(=O)n1N=Cc1cc(Br)c(OCc2ccc(Cl)cc2)c(OC)c1. The Morgan fingerprint density at radius 2 is 1.89 bits per heavy atom. The Labute approximate surface area is 231 Å². The van der Waals surface area contributed by atoms with Crippen LogP contribution in [0.3, 0.4) is 0 Å². The van der Waals surface area contributed by atoms with E-state index in [1.807, 2.05) is 48.5 Å². The molecule has 4 rings (SSSR count). The maximum atomic E-state index is 13.3. The highest BCUT2D eigenvalue weighted by atomic mass is 79.9. The van der Waals surface area contributed by atoms with Crippen molar-refractivity contribution >= 4 is 60.6 Å². The van der Waals surface area contributed by atoms with Crippen molar-refractivity contribution in [2.45, 2.75) is 32.8 Å². The summed E-state index contributed by atoms with van der Waals surface area (Å²) >= 11 is 13.0. The van der Waals surface area contributed by atoms with E-state index in [4.69, 9.17) is 26.1 Å². The van der Waals surface area contributed by atoms with Crippen LogP contribution in [0.2, 0.25) is 5.02 Å². The van der Waals surface area contributed by atoms with Crippen molar-refractivity contribution < 1.29 is 9.47 Å². The predicted molar refractivity (Wildman–Crippen MR) is 152 cm³/mol. The summed E-state index contributed by atoms with van der Waals surface area (Å²) in [6.45, 7) is 2.46. The molecule has 9 heteroatoms. The lowest BCUT2D eigenvalue weighted by atomic mass is 10.2. The van der Waals surface area contributed by atoms with Gasteiger partial charge in [0.15, 0.2) is 11.5 Å². The van der Waals surface area contributed by atoms with E-state index in [1.54, 1.807) is 19.4 Å². The fourth-order valence-electron chi connectivity index (χ4n) is 3.63. The molecule has 0 unspecified atom stereocenters. The van der Waals surface area contributed by atoms with Crippen molar-refractivity contribution in [3.8, 4) is 11.5 Å². The number of hydrogen-bond donors (Lipinski definition) is 0. The molecule has 0 bridgehead atoms. The number of methoxy groups -OCH3 is 1. The minimum atomic E-state index is -0.211. The number of fused-ring (bicyclic) bond motifs is 1. The highest BCUT2D eigenvalue weighted by molar-refractivity contribution is 9.10. The first-order chi connectivity index (χ1) is 17.4. The minimum Gasteiger partial charge on any atom is -0.493 e. The maximum absolute atomic E-state index is 13.3. The molecule has 6 nitrogen and oxygen atoms in total. The molecule has 3 aromatic carbocycles. The molecule has 0 spiro atoms. The van der Waals surface area contributed by atoms with Crippen LogP contribution in [0.4, 0.5) is 0 Å². The number of halogens is 3. The van der Waals surface area contributed by atoms with Crippen LogP contribution in [0.5, 0.6) is 11.5 Å². The summed E-state index contributed by atoms with van der Waals surface area (Å²) in [6.07, 6.45) is 4.17. The number of ether oxygens (including phenoxy) is 2. The molecule has 0 radical (unpaired) electrons. The number of nitrogens with zero attached hydrogens (tertiary/aromatic N) is 3. The van der Waals surface area contributed by atoms with E-state index in [0.29, 0.717) is 50.7 Å². The third kappa shape index (κ3) is 6.17. The molecule has 1 heterocycles. The van der Waals surface area contributed by atoms with Gasteiger partial charge in [0.1, 0.15) is 12.4 Å². The van der Waals surface area contributed by atoms with Gasteiger partial charge in [-0.15, -0.1) is 0 Å². The number of aryl methyl sites for hydroxylation is 1. The van der Waals surface area contributed by atoms with E-state index in [-0.39, 0.29) is 5.56 Å². The summed E-state index contributed by atoms with van der Waals surface area (Å²) in [5.74, 6) is 1.74. The Hall–Kier alpha value is -2.68. The van der Waals surface area contributed by atoms with Gasteiger partial charge in [-0.2, -0.15) is 9.78 Å². The third-order valence-electron chi connectivity index (χ3n) is 5.50. The maximum Gasteiger partial charge on any atom is 0.282 e. The molecular formula is C27H24Br2ClN3O3. The first kappa shape index (κ1) is 26.4. The molecule has 36 heavy (non-hydrogen) atoms. The van der Waals surface area contributed by atoms with Crippen LogP contribution in [-0.2, 0) is 13.0 Å². The zero-order valence-electron chi connectivity index (χ0n) is 19.8. The summed E-state index contributed by atoms with van der Waals surface area (Å²) in [5.41, 5.74) is 2.17. The first-order valence-corrected chi connectivity index (χ1v) is 13.4. The van der Waals surface area contributed by atoms with Gasteiger partial charge in [0.05, 0.1) is 28.7 Å². The van der Waals surface area contributed by atoms with Gasteiger partial charge in [-0.25, -0.2) is 4.98 Å². The van der Waals surface area contributed by atoms with Gasteiger partial charge < -0.3 is 9.47 Å². The first-order valence-electron chi connectivity index (χ1n) is 11.4. The lowest BCUT2D eigenvalue weighted by Crippen LogP contribution is -2.22. The third-order valence-corrected chi connectivity index (χ3v) is 6.83. The Morgan fingerprint density at radius 3 is 2.61 bits per heavy atom. The zero-order valence-corrected chi connectivity index (χ0v) is 23.7. The van der Waals surface area contributed by atoms with Gasteiger partial charge in [-0.1, -0.05) is 53.0 Å². The molecule has 1 aromatic heterocycles. The van der Waals surface area contributed by atoms with Gasteiger partial charge in [-0.3, -0.25) is 4.79 Å². The molecule has 0 fully saturated rings. The Bertz CT molecular complexity index is 1470. The van der Waals surface area contributed by atoms with Gasteiger partial charge in [0.2, 0.25) is 0 Å². The second kappa shape index (κ2) is 12.0. The van der Waals surface area contributed by atoms with Crippen LogP contribution >= 0.6 is 43.5 Å². The van der Waals surface area contributed by atoms with Crippen molar-refractivity contribution in [3.05, 3.63) is 95.9 Å². The largest absolute Gasteiger partial charge is 0.493 e. The summed E-state index contributed by atoms with van der Waals surface area (Å²) < 4.78 is 14.5. The molecule has 0 saturated carbocycles. The normalized spacial score (nSPS) is 11.4. The van der Waals surface area contributed by atoms with Crippen molar-refractivity contribution in [1.29, 1.82) is 0 Å². The monoisotopic (exact) mass is 631 g/mol. The molecule has 4 aromatic rings. The van der Waals surface area contributed by atoms with Crippen LogP contribution in [0.15, 0.2) is 73.4 Å². The van der Waals surface area contributed by atoms with Crippen molar-refractivity contribution in [3.63, 3.8) is 0 Å². The lowest BCUT2D eigenvalue weighted by Gasteiger charge is -2.14. The lowest BCUT2D eigenvalue weighted by molar-refractivity contribution is 0.282. The number of unbranched alkanes of at least 4 members (excludes halogenated alkanes) is 1. The van der Waals surface area contributed by atoms with Crippen molar-refractivity contribution in [2.75, 3.05) is 7.11 Å². The van der Waals surface area contributed by atoms with Crippen LogP contribution in [0.25, 0.3) is 10.9 Å². The van der Waals surface area contributed by atoms with Gasteiger partial charge in [-0.05, 0) is 75.9 Å². The van der Waals surface area contributed by atoms with Crippen molar-refractivity contribution in [1.82, 2.24) is 9.66 Å². The Morgan fingerprint density at radius 1 is 1.11 bits per heavy atom. The van der Waals surface area contributed by atoms with Crippen molar-refractivity contribution in [2.24, 2.45) is 5.10 Å². The van der Waals surface area contributed by atoms with Crippen LogP contribution in [-0.4, -0.2) is 23.0 Å². The molecule has 0 saturated heterocycles. The van der Waals surface area contributed by atoms with Gasteiger partial charge >= 0.3 is 0 Å². The number of aromatic nitrogens is 2. The summed E-state index contributed by atoms with van der Waals surface area (Å²) in [7, 11) is 1.58. The molecule has 0 amide bonds. The van der Waals surface area contributed by atoms with E-state index < -0.39 is 0 Å². The molecule has 0 aliphatic carbocycles. The van der Waals surface area contributed by atoms with Gasteiger partial charge in [0, 0.05) is 15.9 Å². The van der Waals surface area contributed by atoms with Crippen LogP contribution in [0.1, 0.15) is 36.7 Å². The molecular weight excluding hydrogens is 610 g/mol. The Balaban J connectivity index is 1.66. The molecule has 0 aliphatic heterocycles. The second-order valence-corrected chi connectivity index (χ2v) is 10.3. The standard InChI is InChI=1S/C27H24Br2ClN3O3/c1-3-4-5-25-32-23-11-8-19(28)14-21(23)27(34)33(25)31-15-18-12-22(29)26(24(13-18)35-2)36-16-17-6-9-20(30)10-7-17/h6-15H,3-5,16H2,1-2H3. The minimum absolute atomic E-state index is 0.211. The van der Waals surface area contributed by atoms with E-state index in [1.165, 1.54) is 4.68 Å². The fraction of sp³-hybridized carbons (Fsp3) is 0.222. The fourth-order valence-corrected chi connectivity index (χ4v) is 4.69. The molecule has 186 valence electrons. The topological polar surface area (TPSA) is 65.7 Å². The number of rotatable bonds is 9. The van der Waals surface area contributed by atoms with Gasteiger partial charge in [0.25, 0.3) is 5.56 Å². The summed E-state index contributed by atoms with van der Waals surface area (Å²) in [5, 5.41) is 5.71. The molecule has 0 atom stereocenters. The highest BCUT2D eigenvalue weighted by Crippen LogP contribution is 2.37. The predicted octanol–water partition coefficient (Wildman–Crippen LogP) is 7.39. The zero-order chi connectivity index (χ0) is 25.7. The average Bonchev–Trinajstić information content (AvgIpc) is 2.87. The average molecular weight is 634 g/mol. The van der Waals surface area contributed by atoms with Crippen LogP contribution < -0.4 is 15.0 Å². The highest BCUT2D eigenvalue weighted by Gasteiger charge is 2.13. The smallest absolute Gasteiger partial charge is 0.282 e. The molecule has 0 aliphatic rings. The van der Waals surface area contributed by atoms with E-state index in [2.05, 4.69) is 43.9 Å². The summed E-state index contributed by atoms with van der Waals surface area (Å²) in [4.78, 5) is 18.0. The Kier molecular flexibility index (Phi) is 8.82. The van der Waals surface area contributed by atoms with E-state index in [9.17, 15) is 4.79 Å². The quantitative estimate of drug-likeness (QED) is 0.180. The number of hydrogen-bond acceptors (Lipinski definition) is 5. The van der Waals surface area contributed by atoms with E-state index in [0.717, 1.165) is 28.4 Å². The van der Waals surface area contributed by atoms with E-state index >= 15 is 0 Å². The van der Waals surface area contributed by atoms with Crippen LogP contribution in [0, 0.1) is 0 Å². The number of benzene rings is 3.